The molecule has 7 heteroatoms. The summed E-state index contributed by atoms with van der Waals surface area (Å²) in [5, 5.41) is 0. The van der Waals surface area contributed by atoms with Crippen LogP contribution in [0.5, 0.6) is 0 Å². The molecule has 0 aromatic carbocycles. The van der Waals surface area contributed by atoms with Crippen LogP contribution in [0, 0.1) is 0 Å². The third kappa shape index (κ3) is 5.21. The molecule has 0 saturated heterocycles. The van der Waals surface area contributed by atoms with E-state index < -0.39 is 11.9 Å². The maximum atomic E-state index is 12.5. The molecule has 0 bridgehead atoms. The molecule has 2 aliphatic rings. The molecular weight excluding hydrogens is 345 g/mol. The van der Waals surface area contributed by atoms with Gasteiger partial charge in [-0.1, -0.05) is 29.9 Å². The van der Waals surface area contributed by atoms with Crippen molar-refractivity contribution in [2.75, 3.05) is 13.2 Å². The Hall–Kier alpha value is -2.57. The average Bonchev–Trinajstić information content (AvgIpc) is 2.63. The van der Waals surface area contributed by atoms with Crippen LogP contribution in [0.4, 0.5) is 13.2 Å². The van der Waals surface area contributed by atoms with Gasteiger partial charge in [-0.25, -0.2) is 0 Å². The highest BCUT2D eigenvalue weighted by atomic mass is 19.4. The highest BCUT2D eigenvalue weighted by molar-refractivity contribution is 5.79. The van der Waals surface area contributed by atoms with E-state index in [0.717, 1.165) is 18.9 Å². The number of allylic oxidation sites excluding steroid dienone is 4. The van der Waals surface area contributed by atoms with Crippen LogP contribution in [0.2, 0.25) is 0 Å². The lowest BCUT2D eigenvalue weighted by molar-refractivity contribution is -0.141. The van der Waals surface area contributed by atoms with Crippen LogP contribution in [-0.2, 0) is 22.1 Å². The van der Waals surface area contributed by atoms with E-state index in [1.807, 2.05) is 6.08 Å². The summed E-state index contributed by atoms with van der Waals surface area (Å²) in [5.74, 6) is 1.20. The molecule has 4 nitrogen and oxygen atoms in total. The lowest BCUT2D eigenvalue weighted by atomic mass is 10.0. The van der Waals surface area contributed by atoms with Crippen LogP contribution in [-0.4, -0.2) is 24.0 Å². The summed E-state index contributed by atoms with van der Waals surface area (Å²) in [6.45, 7) is 0.651. The smallest absolute Gasteiger partial charge is 0.433 e. The van der Waals surface area contributed by atoms with Crippen LogP contribution >= 0.6 is 0 Å². The Balaban J connectivity index is 1.50. The molecule has 0 atom stereocenters. The number of halogens is 3. The van der Waals surface area contributed by atoms with Crippen molar-refractivity contribution in [3.05, 3.63) is 65.4 Å². The van der Waals surface area contributed by atoms with Gasteiger partial charge in [0.05, 0.1) is 0 Å². The van der Waals surface area contributed by atoms with Crippen molar-refractivity contribution < 1.29 is 22.6 Å². The summed E-state index contributed by atoms with van der Waals surface area (Å²) >= 11 is 0. The summed E-state index contributed by atoms with van der Waals surface area (Å²) in [6.07, 6.45) is 7.86. The highest BCUT2D eigenvalue weighted by Gasteiger charge is 2.31. The van der Waals surface area contributed by atoms with E-state index in [-0.39, 0.29) is 6.61 Å². The Morgan fingerprint density at radius 3 is 2.81 bits per heavy atom. The fraction of sp³-hybridized carbons (Fsp3) is 0.368. The normalized spacial score (nSPS) is 18.8. The Bertz CT molecular complexity index is 747. The van der Waals surface area contributed by atoms with Gasteiger partial charge in [-0.05, 0) is 30.9 Å². The van der Waals surface area contributed by atoms with E-state index in [1.54, 1.807) is 6.26 Å². The Morgan fingerprint density at radius 2 is 2.12 bits per heavy atom. The van der Waals surface area contributed by atoms with Crippen molar-refractivity contribution in [2.24, 2.45) is 4.99 Å². The second-order valence-electron chi connectivity index (χ2n) is 6.04. The summed E-state index contributed by atoms with van der Waals surface area (Å²) in [4.78, 5) is 7.78. The number of ether oxygens (including phenoxy) is 2. The molecule has 0 saturated carbocycles. The molecule has 2 heterocycles. The number of aromatic nitrogens is 1. The van der Waals surface area contributed by atoms with Crippen LogP contribution in [0.3, 0.4) is 0 Å². The first-order valence-electron chi connectivity index (χ1n) is 8.39. The fourth-order valence-electron chi connectivity index (χ4n) is 2.64. The van der Waals surface area contributed by atoms with Gasteiger partial charge in [-0.3, -0.25) is 9.98 Å². The maximum Gasteiger partial charge on any atom is 0.433 e. The molecule has 0 unspecified atom stereocenters. The van der Waals surface area contributed by atoms with E-state index in [1.165, 1.54) is 17.8 Å². The number of hydrogen-bond donors (Lipinski definition) is 0. The molecule has 0 N–H and O–H groups in total. The van der Waals surface area contributed by atoms with E-state index in [9.17, 15) is 13.2 Å². The summed E-state index contributed by atoms with van der Waals surface area (Å²) in [6, 6.07) is 2.40. The standard InChI is InChI=1S/C19H19F3N2O2/c20-19(21,22)17-7-6-15(11-24-17)8-9-23-18-13-25-12-16(26-18)10-14-4-2-1-3-5-14/h1-2,4,6-7,11-12H,3,5,8-10,13H2. The number of pyridine rings is 1. The molecule has 1 aliphatic heterocycles. The molecule has 26 heavy (non-hydrogen) atoms. The molecule has 1 aliphatic carbocycles. The van der Waals surface area contributed by atoms with E-state index >= 15 is 0 Å². The lowest BCUT2D eigenvalue weighted by Crippen LogP contribution is -2.18. The van der Waals surface area contributed by atoms with Crippen molar-refractivity contribution in [1.29, 1.82) is 0 Å². The number of rotatable bonds is 5. The molecule has 1 aromatic rings. The quantitative estimate of drug-likeness (QED) is 0.767. The van der Waals surface area contributed by atoms with Crippen LogP contribution in [0.15, 0.2) is 59.1 Å². The van der Waals surface area contributed by atoms with E-state index in [0.29, 0.717) is 36.6 Å². The first-order chi connectivity index (χ1) is 12.5. The predicted octanol–water partition coefficient (Wildman–Crippen LogP) is 4.60. The number of nitrogens with zero attached hydrogens (tertiary/aromatic N) is 2. The molecule has 1 aromatic heterocycles. The minimum Gasteiger partial charge on any atom is -0.488 e. The van der Waals surface area contributed by atoms with Crippen LogP contribution in [0.25, 0.3) is 0 Å². The lowest BCUT2D eigenvalue weighted by Gasteiger charge is -2.18. The van der Waals surface area contributed by atoms with Crippen molar-refractivity contribution in [1.82, 2.24) is 4.98 Å². The molecule has 0 amide bonds. The SMILES string of the molecule is FC(F)(F)c1ccc(CCN=C2COC=C(CC3=CC=CCC3)O2)cn1. The third-order valence-electron chi connectivity index (χ3n) is 3.98. The summed E-state index contributed by atoms with van der Waals surface area (Å²) < 4.78 is 48.6. The van der Waals surface area contributed by atoms with Gasteiger partial charge in [0.15, 0.2) is 6.61 Å². The van der Waals surface area contributed by atoms with Crippen molar-refractivity contribution >= 4 is 5.90 Å². The second-order valence-corrected chi connectivity index (χ2v) is 6.04. The second kappa shape index (κ2) is 8.21. The van der Waals surface area contributed by atoms with Crippen LogP contribution in [0.1, 0.15) is 30.5 Å². The highest BCUT2D eigenvalue weighted by Crippen LogP contribution is 2.27. The van der Waals surface area contributed by atoms with Gasteiger partial charge in [0.2, 0.25) is 5.90 Å². The van der Waals surface area contributed by atoms with Gasteiger partial charge in [0, 0.05) is 19.2 Å². The van der Waals surface area contributed by atoms with Crippen LogP contribution < -0.4 is 0 Å². The number of hydrogen-bond acceptors (Lipinski definition) is 4. The topological polar surface area (TPSA) is 43.7 Å². The molecule has 0 fully saturated rings. The minimum atomic E-state index is -4.42. The predicted molar refractivity (Wildman–Crippen MR) is 91.4 cm³/mol. The van der Waals surface area contributed by atoms with Gasteiger partial charge >= 0.3 is 6.18 Å². The Kier molecular flexibility index (Phi) is 5.75. The zero-order chi connectivity index (χ0) is 18.4. The molecule has 3 rings (SSSR count). The van der Waals surface area contributed by atoms with Crippen molar-refractivity contribution in [3.8, 4) is 0 Å². The van der Waals surface area contributed by atoms with Gasteiger partial charge in [-0.15, -0.1) is 0 Å². The van der Waals surface area contributed by atoms with Gasteiger partial charge < -0.3 is 9.47 Å². The third-order valence-corrected chi connectivity index (χ3v) is 3.98. The van der Waals surface area contributed by atoms with Crippen molar-refractivity contribution in [2.45, 2.75) is 31.9 Å². The molecule has 138 valence electrons. The maximum absolute atomic E-state index is 12.5. The number of aliphatic imine (C=N–C) groups is 1. The van der Waals surface area contributed by atoms with Gasteiger partial charge in [0.25, 0.3) is 0 Å². The first-order valence-corrected chi connectivity index (χ1v) is 8.39. The van der Waals surface area contributed by atoms with Crippen molar-refractivity contribution in [3.63, 3.8) is 0 Å². The van der Waals surface area contributed by atoms with E-state index in [4.69, 9.17) is 9.47 Å². The summed E-state index contributed by atoms with van der Waals surface area (Å²) in [7, 11) is 0. The zero-order valence-electron chi connectivity index (χ0n) is 14.1. The number of alkyl halides is 3. The van der Waals surface area contributed by atoms with Gasteiger partial charge in [-0.2, -0.15) is 13.2 Å². The zero-order valence-corrected chi connectivity index (χ0v) is 14.1. The summed E-state index contributed by atoms with van der Waals surface area (Å²) in [5.41, 5.74) is 1.08. The monoisotopic (exact) mass is 364 g/mol. The first kappa shape index (κ1) is 18.2. The Labute approximate surface area is 149 Å². The molecule has 0 radical (unpaired) electrons. The largest absolute Gasteiger partial charge is 0.488 e. The fourth-order valence-corrected chi connectivity index (χ4v) is 2.64. The Morgan fingerprint density at radius 1 is 1.23 bits per heavy atom. The van der Waals surface area contributed by atoms with Gasteiger partial charge in [0.1, 0.15) is 17.7 Å². The molecular formula is C19H19F3N2O2. The average molecular weight is 364 g/mol. The van der Waals surface area contributed by atoms with E-state index in [2.05, 4.69) is 22.1 Å². The minimum absolute atomic E-state index is 0.258. The molecule has 0 spiro atoms.